The lowest BCUT2D eigenvalue weighted by Gasteiger charge is -1.93. The molecule has 3 radical (unpaired) electrons. The first-order valence-electron chi connectivity index (χ1n) is 3.44. The lowest BCUT2D eigenvalue weighted by molar-refractivity contribution is 0.460. The molecule has 0 unspecified atom stereocenters. The Morgan fingerprint density at radius 3 is 1.55 bits per heavy atom. The minimum Gasteiger partial charge on any atom is -0.422 e. The van der Waals surface area contributed by atoms with Crippen molar-refractivity contribution in [2.24, 2.45) is 0 Å². The monoisotopic (exact) mass is 165 g/mol. The average Bonchev–Trinajstić information content (AvgIpc) is 1.97. The van der Waals surface area contributed by atoms with Crippen molar-refractivity contribution in [2.75, 3.05) is 7.11 Å². The molecule has 1 rings (SSSR count). The van der Waals surface area contributed by atoms with E-state index in [1.54, 1.807) is 0 Å². The van der Waals surface area contributed by atoms with E-state index in [0.29, 0.717) is 0 Å². The van der Waals surface area contributed by atoms with Crippen LogP contribution in [0, 0.1) is 13.8 Å². The van der Waals surface area contributed by atoms with Crippen molar-refractivity contribution in [1.29, 1.82) is 0 Å². The topological polar surface area (TPSA) is 9.23 Å². The molecule has 0 atom stereocenters. The van der Waals surface area contributed by atoms with Gasteiger partial charge in [-0.05, 0) is 25.0 Å². The molecule has 0 bridgehead atoms. The van der Waals surface area contributed by atoms with Crippen LogP contribution in [0.1, 0.15) is 11.1 Å². The summed E-state index contributed by atoms with van der Waals surface area (Å²) < 4.78 is 4.06. The Labute approximate surface area is 71.9 Å². The second kappa shape index (κ2) is 6.13. The van der Waals surface area contributed by atoms with Gasteiger partial charge >= 0.3 is 0 Å². The molecular weight excluding hydrogens is 152 g/mol. The minimum absolute atomic E-state index is 1.37. The molecule has 0 fully saturated rings. The van der Waals surface area contributed by atoms with Crippen LogP contribution < -0.4 is 0 Å². The predicted octanol–water partition coefficient (Wildman–Crippen LogP) is 2.02. The lowest BCUT2D eigenvalue weighted by Crippen LogP contribution is -1.74. The van der Waals surface area contributed by atoms with Gasteiger partial charge in [0.15, 0.2) is 0 Å². The standard InChI is InChI=1S/C8H10.CH3OSi/c1-7-5-3-4-6-8(7)2;1-2-3/h3-6H,1-2H3;1H3. The Bertz CT molecular complexity index is 178. The summed E-state index contributed by atoms with van der Waals surface area (Å²) in [5.74, 6) is 0. The van der Waals surface area contributed by atoms with Crippen molar-refractivity contribution in [3.8, 4) is 0 Å². The zero-order valence-electron chi connectivity index (χ0n) is 7.22. The number of rotatable bonds is 0. The highest BCUT2D eigenvalue weighted by Crippen LogP contribution is 2.02. The normalized spacial score (nSPS) is 8.36. The van der Waals surface area contributed by atoms with Crippen LogP contribution in [-0.4, -0.2) is 17.6 Å². The summed E-state index contributed by atoms with van der Waals surface area (Å²) in [7, 11) is 4.22. The summed E-state index contributed by atoms with van der Waals surface area (Å²) in [5.41, 5.74) is 2.74. The number of hydrogen-bond acceptors (Lipinski definition) is 1. The van der Waals surface area contributed by atoms with E-state index >= 15 is 0 Å². The van der Waals surface area contributed by atoms with Crippen LogP contribution in [0.15, 0.2) is 24.3 Å². The van der Waals surface area contributed by atoms with Gasteiger partial charge < -0.3 is 4.43 Å². The summed E-state index contributed by atoms with van der Waals surface area (Å²) in [6.45, 7) is 4.24. The Kier molecular flexibility index (Phi) is 5.79. The van der Waals surface area contributed by atoms with Gasteiger partial charge in [0.05, 0.1) is 0 Å². The zero-order chi connectivity index (χ0) is 8.69. The van der Waals surface area contributed by atoms with Crippen LogP contribution in [0.3, 0.4) is 0 Å². The van der Waals surface area contributed by atoms with E-state index in [0.717, 1.165) is 0 Å². The first-order valence-corrected chi connectivity index (χ1v) is 3.85. The maximum atomic E-state index is 4.06. The van der Waals surface area contributed by atoms with Crippen molar-refractivity contribution in [3.63, 3.8) is 0 Å². The molecule has 1 nitrogen and oxygen atoms in total. The van der Waals surface area contributed by atoms with Crippen LogP contribution in [0.4, 0.5) is 0 Å². The van der Waals surface area contributed by atoms with Gasteiger partial charge in [0, 0.05) is 7.11 Å². The third kappa shape index (κ3) is 4.76. The summed E-state index contributed by atoms with van der Waals surface area (Å²) in [4.78, 5) is 0. The van der Waals surface area contributed by atoms with Crippen molar-refractivity contribution >= 4 is 10.5 Å². The number of benzene rings is 1. The molecule has 1 aromatic carbocycles. The molecule has 0 saturated carbocycles. The SMILES string of the molecule is CO[Si].Cc1ccccc1C. The molecular formula is C9H13OSi. The van der Waals surface area contributed by atoms with Crippen LogP contribution >= 0.6 is 0 Å². The van der Waals surface area contributed by atoms with E-state index in [9.17, 15) is 0 Å². The van der Waals surface area contributed by atoms with E-state index < -0.39 is 0 Å². The third-order valence-corrected chi connectivity index (χ3v) is 1.43. The highest BCUT2D eigenvalue weighted by molar-refractivity contribution is 5.97. The minimum atomic E-state index is 1.37. The van der Waals surface area contributed by atoms with Crippen LogP contribution in [0.5, 0.6) is 0 Å². The second-order valence-corrected chi connectivity index (χ2v) is 2.70. The van der Waals surface area contributed by atoms with Crippen molar-refractivity contribution in [2.45, 2.75) is 13.8 Å². The van der Waals surface area contributed by atoms with Gasteiger partial charge in [-0.2, -0.15) is 0 Å². The van der Waals surface area contributed by atoms with E-state index in [2.05, 4.69) is 53.0 Å². The van der Waals surface area contributed by atoms with Gasteiger partial charge in [-0.1, -0.05) is 24.3 Å². The third-order valence-electron chi connectivity index (χ3n) is 1.43. The highest BCUT2D eigenvalue weighted by atomic mass is 28.2. The summed E-state index contributed by atoms with van der Waals surface area (Å²) in [6, 6.07) is 8.36. The fraction of sp³-hybridized carbons (Fsp3) is 0.333. The Hall–Kier alpha value is -0.603. The van der Waals surface area contributed by atoms with Crippen LogP contribution in [0.25, 0.3) is 0 Å². The predicted molar refractivity (Wildman–Crippen MR) is 48.7 cm³/mol. The van der Waals surface area contributed by atoms with Gasteiger partial charge in [0.25, 0.3) is 0 Å². The Balaban J connectivity index is 0.000000292. The molecule has 1 aromatic rings. The Morgan fingerprint density at radius 2 is 1.36 bits per heavy atom. The Morgan fingerprint density at radius 1 is 1.09 bits per heavy atom. The second-order valence-electron chi connectivity index (χ2n) is 2.29. The van der Waals surface area contributed by atoms with Gasteiger partial charge in [0.1, 0.15) is 0 Å². The molecule has 0 aliphatic heterocycles. The first kappa shape index (κ1) is 10.4. The molecule has 59 valence electrons. The van der Waals surface area contributed by atoms with Crippen molar-refractivity contribution in [3.05, 3.63) is 35.4 Å². The average molecular weight is 165 g/mol. The quantitative estimate of drug-likeness (QED) is 0.534. The molecule has 0 aliphatic rings. The van der Waals surface area contributed by atoms with Gasteiger partial charge in [0.2, 0.25) is 10.5 Å². The summed E-state index contributed by atoms with van der Waals surface area (Å²) in [5, 5.41) is 0. The molecule has 11 heavy (non-hydrogen) atoms. The smallest absolute Gasteiger partial charge is 0.245 e. The van der Waals surface area contributed by atoms with Crippen LogP contribution in [-0.2, 0) is 4.43 Å². The van der Waals surface area contributed by atoms with Crippen LogP contribution in [0.2, 0.25) is 0 Å². The molecule has 0 heterocycles. The fourth-order valence-corrected chi connectivity index (χ4v) is 0.663. The molecule has 0 saturated heterocycles. The maximum absolute atomic E-state index is 4.06. The van der Waals surface area contributed by atoms with E-state index in [-0.39, 0.29) is 0 Å². The van der Waals surface area contributed by atoms with Crippen molar-refractivity contribution < 1.29 is 4.43 Å². The zero-order valence-corrected chi connectivity index (χ0v) is 8.22. The fourth-order valence-electron chi connectivity index (χ4n) is 0.663. The van der Waals surface area contributed by atoms with Gasteiger partial charge in [-0.3, -0.25) is 0 Å². The first-order chi connectivity index (χ1) is 5.22. The lowest BCUT2D eigenvalue weighted by atomic mass is 10.1. The number of hydrogen-bond donors (Lipinski definition) is 0. The molecule has 0 N–H and O–H groups in total. The maximum Gasteiger partial charge on any atom is 0.245 e. The van der Waals surface area contributed by atoms with E-state index in [1.807, 2.05) is 0 Å². The molecule has 2 heteroatoms. The summed E-state index contributed by atoms with van der Waals surface area (Å²) >= 11 is 0. The van der Waals surface area contributed by atoms with E-state index in [1.165, 1.54) is 18.2 Å². The summed E-state index contributed by atoms with van der Waals surface area (Å²) in [6.07, 6.45) is 0. The van der Waals surface area contributed by atoms with Gasteiger partial charge in [-0.15, -0.1) is 0 Å². The molecule has 0 spiro atoms. The molecule has 0 aliphatic carbocycles. The highest BCUT2D eigenvalue weighted by Gasteiger charge is 1.83. The largest absolute Gasteiger partial charge is 0.422 e. The van der Waals surface area contributed by atoms with Crippen molar-refractivity contribution in [1.82, 2.24) is 0 Å². The molecule has 0 amide bonds. The van der Waals surface area contributed by atoms with E-state index in [4.69, 9.17) is 0 Å². The molecule has 0 aromatic heterocycles. The van der Waals surface area contributed by atoms with Gasteiger partial charge in [-0.25, -0.2) is 0 Å². The number of aryl methyl sites for hydroxylation is 2.